The molecule has 8 heteroatoms. The third kappa shape index (κ3) is 3.84. The summed E-state index contributed by atoms with van der Waals surface area (Å²) in [4.78, 5) is 11.9. The van der Waals surface area contributed by atoms with Crippen LogP contribution in [0.4, 0.5) is 11.5 Å². The second-order valence-corrected chi connectivity index (χ2v) is 5.88. The minimum absolute atomic E-state index is 0.0543. The molecule has 0 spiro atoms. The second-order valence-electron chi connectivity index (χ2n) is 4.97. The number of aromatic nitrogens is 4. The molecular formula is C15H15BrN6O. The molecule has 0 aliphatic rings. The van der Waals surface area contributed by atoms with E-state index in [1.54, 1.807) is 4.52 Å². The third-order valence-electron chi connectivity index (χ3n) is 3.20. The van der Waals surface area contributed by atoms with Crippen LogP contribution in [0, 0.1) is 6.92 Å². The predicted octanol–water partition coefficient (Wildman–Crippen LogP) is 2.64. The Morgan fingerprint density at radius 2 is 1.96 bits per heavy atom. The molecule has 0 aliphatic carbocycles. The van der Waals surface area contributed by atoms with E-state index in [0.29, 0.717) is 24.4 Å². The highest BCUT2D eigenvalue weighted by Gasteiger charge is 2.05. The summed E-state index contributed by atoms with van der Waals surface area (Å²) in [6.45, 7) is 2.32. The molecule has 0 saturated carbocycles. The fourth-order valence-electron chi connectivity index (χ4n) is 2.05. The van der Waals surface area contributed by atoms with Crippen molar-refractivity contribution >= 4 is 39.0 Å². The van der Waals surface area contributed by atoms with Crippen LogP contribution in [-0.2, 0) is 4.79 Å². The molecule has 0 fully saturated rings. The summed E-state index contributed by atoms with van der Waals surface area (Å²) >= 11 is 3.36. The maximum atomic E-state index is 11.9. The Kier molecular flexibility index (Phi) is 4.52. The van der Waals surface area contributed by atoms with Crippen LogP contribution in [0.2, 0.25) is 0 Å². The van der Waals surface area contributed by atoms with E-state index in [1.807, 2.05) is 43.3 Å². The quantitative estimate of drug-likeness (QED) is 0.716. The van der Waals surface area contributed by atoms with Crippen molar-refractivity contribution in [3.8, 4) is 0 Å². The Balaban J connectivity index is 1.52. The molecule has 23 heavy (non-hydrogen) atoms. The lowest BCUT2D eigenvalue weighted by atomic mass is 10.3. The van der Waals surface area contributed by atoms with Gasteiger partial charge in [-0.15, -0.1) is 15.3 Å². The van der Waals surface area contributed by atoms with Crippen molar-refractivity contribution in [1.82, 2.24) is 19.8 Å². The molecule has 2 heterocycles. The van der Waals surface area contributed by atoms with Gasteiger partial charge in [0.05, 0.1) is 0 Å². The number of hydrogen-bond donors (Lipinski definition) is 2. The minimum atomic E-state index is -0.0543. The first-order valence-electron chi connectivity index (χ1n) is 7.10. The van der Waals surface area contributed by atoms with Gasteiger partial charge in [0.25, 0.3) is 0 Å². The molecule has 1 aromatic carbocycles. The molecule has 0 aliphatic heterocycles. The van der Waals surface area contributed by atoms with E-state index in [1.165, 1.54) is 0 Å². The number of aryl methyl sites for hydroxylation is 1. The van der Waals surface area contributed by atoms with Gasteiger partial charge in [-0.1, -0.05) is 15.9 Å². The molecule has 0 unspecified atom stereocenters. The first-order valence-corrected chi connectivity index (χ1v) is 7.89. The normalized spacial score (nSPS) is 10.7. The van der Waals surface area contributed by atoms with Crippen molar-refractivity contribution in [3.05, 3.63) is 46.7 Å². The average Bonchev–Trinajstić information content (AvgIpc) is 2.91. The first-order chi connectivity index (χ1) is 11.1. The fourth-order valence-corrected chi connectivity index (χ4v) is 2.32. The number of carbonyl (C=O) groups is 1. The van der Waals surface area contributed by atoms with Crippen LogP contribution in [0.3, 0.4) is 0 Å². The van der Waals surface area contributed by atoms with Gasteiger partial charge in [-0.3, -0.25) is 4.79 Å². The van der Waals surface area contributed by atoms with Crippen LogP contribution in [0.5, 0.6) is 0 Å². The van der Waals surface area contributed by atoms with Crippen LogP contribution in [0.15, 0.2) is 40.9 Å². The average molecular weight is 375 g/mol. The van der Waals surface area contributed by atoms with Gasteiger partial charge in [-0.2, -0.15) is 4.52 Å². The molecular weight excluding hydrogens is 360 g/mol. The van der Waals surface area contributed by atoms with Crippen molar-refractivity contribution in [1.29, 1.82) is 0 Å². The molecule has 3 aromatic rings. The van der Waals surface area contributed by atoms with Crippen LogP contribution >= 0.6 is 15.9 Å². The van der Waals surface area contributed by atoms with Crippen molar-refractivity contribution < 1.29 is 4.79 Å². The highest BCUT2D eigenvalue weighted by atomic mass is 79.9. The molecule has 2 N–H and O–H groups in total. The summed E-state index contributed by atoms with van der Waals surface area (Å²) in [6, 6.07) is 11.1. The van der Waals surface area contributed by atoms with Gasteiger partial charge in [0.15, 0.2) is 11.5 Å². The summed E-state index contributed by atoms with van der Waals surface area (Å²) in [6.07, 6.45) is 0.344. The molecule has 3 rings (SSSR count). The van der Waals surface area contributed by atoms with E-state index in [0.717, 1.165) is 16.0 Å². The summed E-state index contributed by atoms with van der Waals surface area (Å²) in [5.41, 5.74) is 1.47. The van der Waals surface area contributed by atoms with Crippen molar-refractivity contribution in [2.75, 3.05) is 17.2 Å². The molecule has 0 radical (unpaired) electrons. The Bertz CT molecular complexity index is 830. The van der Waals surface area contributed by atoms with Gasteiger partial charge in [-0.25, -0.2) is 0 Å². The summed E-state index contributed by atoms with van der Waals surface area (Å²) in [5.74, 6) is 1.34. The zero-order chi connectivity index (χ0) is 16.2. The topological polar surface area (TPSA) is 84.2 Å². The van der Waals surface area contributed by atoms with E-state index in [9.17, 15) is 4.79 Å². The number of carbonyl (C=O) groups excluding carboxylic acids is 1. The zero-order valence-electron chi connectivity index (χ0n) is 12.5. The molecule has 0 saturated heterocycles. The van der Waals surface area contributed by atoms with E-state index in [-0.39, 0.29) is 5.91 Å². The smallest absolute Gasteiger partial charge is 0.226 e. The SMILES string of the molecule is Cc1nnc2ccc(NCCC(=O)Nc3ccc(Br)cc3)nn12. The van der Waals surface area contributed by atoms with Gasteiger partial charge in [0.1, 0.15) is 5.82 Å². The summed E-state index contributed by atoms with van der Waals surface area (Å²) in [7, 11) is 0. The number of hydrogen-bond acceptors (Lipinski definition) is 5. The highest BCUT2D eigenvalue weighted by molar-refractivity contribution is 9.10. The number of halogens is 1. The van der Waals surface area contributed by atoms with Crippen LogP contribution < -0.4 is 10.6 Å². The van der Waals surface area contributed by atoms with E-state index < -0.39 is 0 Å². The number of benzene rings is 1. The van der Waals surface area contributed by atoms with Crippen LogP contribution in [0.1, 0.15) is 12.2 Å². The molecule has 1 amide bonds. The van der Waals surface area contributed by atoms with E-state index in [4.69, 9.17) is 0 Å². The fraction of sp³-hybridized carbons (Fsp3) is 0.200. The largest absolute Gasteiger partial charge is 0.368 e. The number of amides is 1. The van der Waals surface area contributed by atoms with Crippen molar-refractivity contribution in [2.45, 2.75) is 13.3 Å². The maximum absolute atomic E-state index is 11.9. The maximum Gasteiger partial charge on any atom is 0.226 e. The van der Waals surface area contributed by atoms with Gasteiger partial charge in [0, 0.05) is 23.1 Å². The number of nitrogens with zero attached hydrogens (tertiary/aromatic N) is 4. The Morgan fingerprint density at radius 1 is 1.17 bits per heavy atom. The summed E-state index contributed by atoms with van der Waals surface area (Å²) < 4.78 is 2.63. The lowest BCUT2D eigenvalue weighted by Gasteiger charge is -2.07. The standard InChI is InChI=1S/C15H15BrN6O/c1-10-19-20-14-7-6-13(21-22(10)14)17-9-8-15(23)18-12-4-2-11(16)3-5-12/h2-7H,8-9H2,1H3,(H,17,21)(H,18,23). The summed E-state index contributed by atoms with van der Waals surface area (Å²) in [5, 5.41) is 18.3. The van der Waals surface area contributed by atoms with E-state index in [2.05, 4.69) is 41.9 Å². The van der Waals surface area contributed by atoms with Gasteiger partial charge >= 0.3 is 0 Å². The van der Waals surface area contributed by atoms with Crippen LogP contribution in [-0.4, -0.2) is 32.3 Å². The number of rotatable bonds is 5. The second kappa shape index (κ2) is 6.74. The van der Waals surface area contributed by atoms with Crippen molar-refractivity contribution in [3.63, 3.8) is 0 Å². The first kappa shape index (κ1) is 15.4. The Morgan fingerprint density at radius 3 is 2.74 bits per heavy atom. The Labute approximate surface area is 141 Å². The molecule has 118 valence electrons. The lowest BCUT2D eigenvalue weighted by molar-refractivity contribution is -0.115. The molecule has 0 atom stereocenters. The van der Waals surface area contributed by atoms with Gasteiger partial charge in [-0.05, 0) is 43.3 Å². The number of anilines is 2. The minimum Gasteiger partial charge on any atom is -0.368 e. The molecule has 7 nitrogen and oxygen atoms in total. The Hall–Kier alpha value is -2.48. The van der Waals surface area contributed by atoms with Crippen LogP contribution in [0.25, 0.3) is 5.65 Å². The lowest BCUT2D eigenvalue weighted by Crippen LogP contribution is -2.16. The highest BCUT2D eigenvalue weighted by Crippen LogP contribution is 2.14. The predicted molar refractivity (Wildman–Crippen MR) is 91.4 cm³/mol. The van der Waals surface area contributed by atoms with E-state index >= 15 is 0 Å². The monoisotopic (exact) mass is 374 g/mol. The number of fused-ring (bicyclic) bond motifs is 1. The molecule has 2 aromatic heterocycles. The zero-order valence-corrected chi connectivity index (χ0v) is 14.0. The van der Waals surface area contributed by atoms with Gasteiger partial charge < -0.3 is 10.6 Å². The third-order valence-corrected chi connectivity index (χ3v) is 3.73. The van der Waals surface area contributed by atoms with Gasteiger partial charge in [0.2, 0.25) is 5.91 Å². The van der Waals surface area contributed by atoms with Crippen molar-refractivity contribution in [2.24, 2.45) is 0 Å². The number of nitrogens with one attached hydrogen (secondary N) is 2. The molecule has 0 bridgehead atoms.